The first kappa shape index (κ1) is 45.4. The molecule has 12 aromatic rings. The quantitative estimate of drug-likeness (QED) is 0.152. The average Bonchev–Trinajstić information content (AvgIpc) is 4.08. The molecule has 76 heavy (non-hydrogen) atoms. The van der Waals surface area contributed by atoms with Crippen molar-refractivity contribution < 1.29 is 0 Å². The third-order valence-electron chi connectivity index (χ3n) is 16.3. The van der Waals surface area contributed by atoms with Crippen LogP contribution in [0.4, 0.5) is 0 Å². The summed E-state index contributed by atoms with van der Waals surface area (Å²) in [6.07, 6.45) is 0. The first-order valence-corrected chi connectivity index (χ1v) is 26.4. The summed E-state index contributed by atoms with van der Waals surface area (Å²) in [5.74, 6) is 1.53. The maximum atomic E-state index is 5.68. The monoisotopic (exact) mass is 974 g/mol. The van der Waals surface area contributed by atoms with Crippen molar-refractivity contribution in [1.82, 2.24) is 19.5 Å². The van der Waals surface area contributed by atoms with Crippen LogP contribution in [0.2, 0.25) is 0 Å². The summed E-state index contributed by atoms with van der Waals surface area (Å²) in [7, 11) is 0. The van der Waals surface area contributed by atoms with Crippen LogP contribution in [0.3, 0.4) is 0 Å². The zero-order valence-electron chi connectivity index (χ0n) is 43.3. The molecule has 0 spiro atoms. The summed E-state index contributed by atoms with van der Waals surface area (Å²) in [4.78, 5) is 16.7. The number of aromatic nitrogens is 4. The SMILES string of the molecule is Cc1ccc(-c2nc(-c3ccc(-n4c(-c5ccccc5)nc(-c5ccccc5)c4-c4ccccc4)cc3)nc3c(-c4ccc5c(c4)C(C)(C)c4ccccc4-5)cc(-c4ccc5c(c4)C(C)(C)c4ccccc4-5)cc23)cc1. The highest BCUT2D eigenvalue weighted by Crippen LogP contribution is 2.52. The van der Waals surface area contributed by atoms with Crippen molar-refractivity contribution in [3.63, 3.8) is 0 Å². The van der Waals surface area contributed by atoms with Gasteiger partial charge in [-0.2, -0.15) is 0 Å². The van der Waals surface area contributed by atoms with Crippen molar-refractivity contribution in [2.24, 2.45) is 0 Å². The maximum absolute atomic E-state index is 5.68. The van der Waals surface area contributed by atoms with Crippen LogP contribution < -0.4 is 0 Å². The minimum absolute atomic E-state index is 0.142. The van der Waals surface area contributed by atoms with E-state index in [0.717, 1.165) is 84.0 Å². The van der Waals surface area contributed by atoms with Crippen LogP contribution >= 0.6 is 0 Å². The van der Waals surface area contributed by atoms with Gasteiger partial charge in [-0.05, 0) is 117 Å². The summed E-state index contributed by atoms with van der Waals surface area (Å²) >= 11 is 0. The molecule has 2 aliphatic rings. The van der Waals surface area contributed by atoms with E-state index in [4.69, 9.17) is 15.0 Å². The van der Waals surface area contributed by atoms with Gasteiger partial charge in [-0.25, -0.2) is 15.0 Å². The number of benzene rings is 10. The van der Waals surface area contributed by atoms with Crippen molar-refractivity contribution in [3.05, 3.63) is 264 Å². The summed E-state index contributed by atoms with van der Waals surface area (Å²) in [6.45, 7) is 11.6. The Morgan fingerprint density at radius 2 is 0.816 bits per heavy atom. The highest BCUT2D eigenvalue weighted by molar-refractivity contribution is 6.05. The lowest BCUT2D eigenvalue weighted by atomic mass is 9.81. The van der Waals surface area contributed by atoms with E-state index in [0.29, 0.717) is 5.82 Å². The number of hydrogen-bond donors (Lipinski definition) is 0. The maximum Gasteiger partial charge on any atom is 0.160 e. The molecule has 4 heteroatoms. The molecule has 0 unspecified atom stereocenters. The molecule has 0 aliphatic heterocycles. The second-order valence-corrected chi connectivity index (χ2v) is 21.7. The minimum Gasteiger partial charge on any atom is -0.292 e. The Bertz CT molecular complexity index is 4240. The number of nitrogens with zero attached hydrogens (tertiary/aromatic N) is 4. The second-order valence-electron chi connectivity index (χ2n) is 21.7. The predicted octanol–water partition coefficient (Wildman–Crippen LogP) is 18.4. The van der Waals surface area contributed by atoms with Gasteiger partial charge in [0.25, 0.3) is 0 Å². The lowest BCUT2D eigenvalue weighted by Gasteiger charge is -2.23. The van der Waals surface area contributed by atoms with Gasteiger partial charge in [0.1, 0.15) is 5.82 Å². The van der Waals surface area contributed by atoms with E-state index in [1.54, 1.807) is 0 Å². The average molecular weight is 975 g/mol. The molecule has 2 aromatic heterocycles. The van der Waals surface area contributed by atoms with E-state index < -0.39 is 0 Å². The van der Waals surface area contributed by atoms with Crippen LogP contribution in [0.5, 0.6) is 0 Å². The highest BCUT2D eigenvalue weighted by atomic mass is 15.1. The molecule has 0 radical (unpaired) electrons. The third kappa shape index (κ3) is 7.23. The van der Waals surface area contributed by atoms with Crippen LogP contribution in [0.15, 0.2) is 237 Å². The lowest BCUT2D eigenvalue weighted by Crippen LogP contribution is -2.15. The third-order valence-corrected chi connectivity index (χ3v) is 16.3. The number of rotatable bonds is 8. The molecular formula is C72H54N4. The van der Waals surface area contributed by atoms with Gasteiger partial charge in [-0.15, -0.1) is 0 Å². The summed E-state index contributed by atoms with van der Waals surface area (Å²) < 4.78 is 2.31. The van der Waals surface area contributed by atoms with Crippen LogP contribution in [0.1, 0.15) is 55.5 Å². The normalized spacial score (nSPS) is 13.5. The zero-order chi connectivity index (χ0) is 51.3. The smallest absolute Gasteiger partial charge is 0.160 e. The second kappa shape index (κ2) is 17.4. The van der Waals surface area contributed by atoms with Gasteiger partial charge < -0.3 is 0 Å². The van der Waals surface area contributed by atoms with Crippen molar-refractivity contribution >= 4 is 10.9 Å². The van der Waals surface area contributed by atoms with Gasteiger partial charge in [0.15, 0.2) is 5.82 Å². The van der Waals surface area contributed by atoms with Gasteiger partial charge in [0, 0.05) is 55.3 Å². The zero-order valence-corrected chi connectivity index (χ0v) is 43.3. The summed E-state index contributed by atoms with van der Waals surface area (Å²) in [6, 6.07) is 85.8. The van der Waals surface area contributed by atoms with Crippen LogP contribution in [-0.2, 0) is 10.8 Å². The fourth-order valence-corrected chi connectivity index (χ4v) is 12.3. The van der Waals surface area contributed by atoms with Gasteiger partial charge >= 0.3 is 0 Å². The van der Waals surface area contributed by atoms with Crippen molar-refractivity contribution in [3.8, 4) is 107 Å². The molecule has 0 atom stereocenters. The first-order chi connectivity index (χ1) is 37.1. The Morgan fingerprint density at radius 1 is 0.329 bits per heavy atom. The van der Waals surface area contributed by atoms with E-state index >= 15 is 0 Å². The molecule has 0 bridgehead atoms. The molecule has 362 valence electrons. The minimum atomic E-state index is -0.178. The topological polar surface area (TPSA) is 43.6 Å². The van der Waals surface area contributed by atoms with Crippen molar-refractivity contribution in [2.45, 2.75) is 45.4 Å². The van der Waals surface area contributed by atoms with E-state index in [1.165, 1.54) is 55.6 Å². The molecule has 4 nitrogen and oxygen atoms in total. The highest BCUT2D eigenvalue weighted by Gasteiger charge is 2.37. The molecule has 2 aliphatic carbocycles. The van der Waals surface area contributed by atoms with Gasteiger partial charge in [-0.1, -0.05) is 221 Å². The molecule has 0 amide bonds. The number of hydrogen-bond acceptors (Lipinski definition) is 3. The lowest BCUT2D eigenvalue weighted by molar-refractivity contribution is 0.660. The van der Waals surface area contributed by atoms with E-state index in [9.17, 15) is 0 Å². The van der Waals surface area contributed by atoms with E-state index in [1.807, 2.05) is 0 Å². The molecule has 0 fully saturated rings. The molecule has 0 saturated heterocycles. The van der Waals surface area contributed by atoms with Crippen LogP contribution in [-0.4, -0.2) is 19.5 Å². The van der Waals surface area contributed by atoms with Crippen molar-refractivity contribution in [2.75, 3.05) is 0 Å². The Balaban J connectivity index is 0.988. The molecule has 10 aromatic carbocycles. The Kier molecular flexibility index (Phi) is 10.4. The fraction of sp³-hybridized carbons (Fsp3) is 0.0972. The van der Waals surface area contributed by atoms with Gasteiger partial charge in [-0.3, -0.25) is 4.57 Å². The number of aryl methyl sites for hydroxylation is 1. The Morgan fingerprint density at radius 3 is 1.43 bits per heavy atom. The fourth-order valence-electron chi connectivity index (χ4n) is 12.3. The number of fused-ring (bicyclic) bond motifs is 7. The van der Waals surface area contributed by atoms with E-state index in [-0.39, 0.29) is 10.8 Å². The van der Waals surface area contributed by atoms with Gasteiger partial charge in [0.2, 0.25) is 0 Å². The van der Waals surface area contributed by atoms with Gasteiger partial charge in [0.05, 0.1) is 22.6 Å². The van der Waals surface area contributed by atoms with Crippen molar-refractivity contribution in [1.29, 1.82) is 0 Å². The molecular weight excluding hydrogens is 921 g/mol. The largest absolute Gasteiger partial charge is 0.292 e. The van der Waals surface area contributed by atoms with Crippen LogP contribution in [0, 0.1) is 6.92 Å². The standard InChI is InChI=1S/C72H54N4/c1-45-29-31-47(32-30-45)65-60-42-53(51-35-39-57-55-25-15-17-27-61(55)71(2,3)63(57)43-51)41-59(52-36-40-58-56-26-16-18-28-62(56)72(4,5)64(58)44-52)67(60)74-69(73-65)49-33-37-54(38-34-49)76-68(48-21-11-7-12-22-48)66(46-19-9-6-10-20-46)75-70(76)50-23-13-8-14-24-50/h6-44H,1-5H3. The van der Waals surface area contributed by atoms with Crippen LogP contribution in [0.25, 0.3) is 118 Å². The molecule has 0 N–H and O–H groups in total. The Hall–Kier alpha value is -9.25. The Labute approximate surface area is 444 Å². The summed E-state index contributed by atoms with van der Waals surface area (Å²) in [5.41, 5.74) is 25.9. The molecule has 14 rings (SSSR count). The summed E-state index contributed by atoms with van der Waals surface area (Å²) in [5, 5.41) is 1.01. The first-order valence-electron chi connectivity index (χ1n) is 26.4. The number of imidazole rings is 1. The molecule has 0 saturated carbocycles. The molecule has 2 heterocycles. The van der Waals surface area contributed by atoms with E-state index in [2.05, 4.69) is 276 Å². The predicted molar refractivity (Wildman–Crippen MR) is 315 cm³/mol.